The minimum Gasteiger partial charge on any atom is -0.493 e. The summed E-state index contributed by atoms with van der Waals surface area (Å²) in [5, 5.41) is 6.40. The molecule has 0 saturated carbocycles. The van der Waals surface area contributed by atoms with Crippen LogP contribution in [-0.4, -0.2) is 25.6 Å². The number of benzene rings is 1. The van der Waals surface area contributed by atoms with Gasteiger partial charge in [0.15, 0.2) is 0 Å². The number of rotatable bonds is 6. The SMILES string of the molecule is CC(C)CNC(=O)CCNC1CCOc2ccc(Br)cc21. The van der Waals surface area contributed by atoms with Crippen LogP contribution in [-0.2, 0) is 4.79 Å². The van der Waals surface area contributed by atoms with Gasteiger partial charge in [-0.15, -0.1) is 0 Å². The maximum Gasteiger partial charge on any atom is 0.221 e. The molecule has 0 fully saturated rings. The number of amides is 1. The van der Waals surface area contributed by atoms with Gasteiger partial charge >= 0.3 is 0 Å². The van der Waals surface area contributed by atoms with Crippen LogP contribution in [0, 0.1) is 5.92 Å². The predicted octanol–water partition coefficient (Wildman–Crippen LogP) is 3.02. The third kappa shape index (κ3) is 5.00. The average molecular weight is 355 g/mol. The van der Waals surface area contributed by atoms with Crippen molar-refractivity contribution in [3.63, 3.8) is 0 Å². The Kier molecular flexibility index (Phi) is 6.06. The lowest BCUT2D eigenvalue weighted by molar-refractivity contribution is -0.121. The average Bonchev–Trinajstić information content (AvgIpc) is 2.45. The molecule has 0 aromatic heterocycles. The van der Waals surface area contributed by atoms with Crippen LogP contribution in [0.3, 0.4) is 0 Å². The first kappa shape index (κ1) is 16.3. The number of halogens is 1. The fraction of sp³-hybridized carbons (Fsp3) is 0.562. The van der Waals surface area contributed by atoms with Crippen LogP contribution in [0.1, 0.15) is 38.3 Å². The van der Waals surface area contributed by atoms with Gasteiger partial charge in [-0.1, -0.05) is 29.8 Å². The van der Waals surface area contributed by atoms with Crippen molar-refractivity contribution in [1.29, 1.82) is 0 Å². The highest BCUT2D eigenvalue weighted by Crippen LogP contribution is 2.33. The van der Waals surface area contributed by atoms with Crippen LogP contribution < -0.4 is 15.4 Å². The van der Waals surface area contributed by atoms with Gasteiger partial charge in [0, 0.05) is 42.0 Å². The molecule has 5 heteroatoms. The zero-order valence-corrected chi connectivity index (χ0v) is 14.2. The van der Waals surface area contributed by atoms with Gasteiger partial charge in [-0.2, -0.15) is 0 Å². The van der Waals surface area contributed by atoms with Crippen LogP contribution in [0.4, 0.5) is 0 Å². The molecule has 0 aliphatic carbocycles. The second-order valence-electron chi connectivity index (χ2n) is 5.77. The molecule has 0 spiro atoms. The first-order valence-corrected chi connectivity index (χ1v) is 8.28. The molecule has 0 saturated heterocycles. The quantitative estimate of drug-likeness (QED) is 0.825. The fourth-order valence-corrected chi connectivity index (χ4v) is 2.72. The van der Waals surface area contributed by atoms with E-state index in [1.807, 2.05) is 12.1 Å². The Labute approximate surface area is 134 Å². The van der Waals surface area contributed by atoms with E-state index in [2.05, 4.69) is 46.5 Å². The summed E-state index contributed by atoms with van der Waals surface area (Å²) < 4.78 is 6.71. The lowest BCUT2D eigenvalue weighted by Gasteiger charge is -2.27. The Morgan fingerprint density at radius 1 is 1.48 bits per heavy atom. The molecular weight excluding hydrogens is 332 g/mol. The third-order valence-electron chi connectivity index (χ3n) is 3.46. The number of carbonyl (C=O) groups excluding carboxylic acids is 1. The standard InChI is InChI=1S/C16H23BrN2O2/c1-11(2)10-19-16(20)5-7-18-14-6-8-21-15-4-3-12(17)9-13(14)15/h3-4,9,11,14,18H,5-8,10H2,1-2H3,(H,19,20). The smallest absolute Gasteiger partial charge is 0.221 e. The Bertz CT molecular complexity index is 491. The first-order chi connectivity index (χ1) is 10.1. The summed E-state index contributed by atoms with van der Waals surface area (Å²) in [6, 6.07) is 6.32. The molecule has 1 amide bonds. The summed E-state index contributed by atoms with van der Waals surface area (Å²) in [5.74, 6) is 1.53. The van der Waals surface area contributed by atoms with Crippen molar-refractivity contribution in [1.82, 2.24) is 10.6 Å². The van der Waals surface area contributed by atoms with Gasteiger partial charge in [0.25, 0.3) is 0 Å². The van der Waals surface area contributed by atoms with Crippen molar-refractivity contribution in [2.24, 2.45) is 5.92 Å². The Morgan fingerprint density at radius 2 is 2.29 bits per heavy atom. The van der Waals surface area contributed by atoms with Crippen LogP contribution in [0.15, 0.2) is 22.7 Å². The van der Waals surface area contributed by atoms with Crippen LogP contribution in [0.5, 0.6) is 5.75 Å². The maximum atomic E-state index is 11.7. The number of fused-ring (bicyclic) bond motifs is 1. The van der Waals surface area contributed by atoms with Gasteiger partial charge in [0.05, 0.1) is 6.61 Å². The summed E-state index contributed by atoms with van der Waals surface area (Å²) in [7, 11) is 0. The number of hydrogen-bond donors (Lipinski definition) is 2. The maximum absolute atomic E-state index is 11.7. The van der Waals surface area contributed by atoms with Gasteiger partial charge in [-0.25, -0.2) is 0 Å². The summed E-state index contributed by atoms with van der Waals surface area (Å²) >= 11 is 3.50. The highest BCUT2D eigenvalue weighted by molar-refractivity contribution is 9.10. The third-order valence-corrected chi connectivity index (χ3v) is 3.95. The molecule has 1 aromatic carbocycles. The molecule has 1 unspecified atom stereocenters. The Balaban J connectivity index is 1.82. The van der Waals surface area contributed by atoms with E-state index in [0.29, 0.717) is 25.5 Å². The fourth-order valence-electron chi connectivity index (χ4n) is 2.34. The van der Waals surface area contributed by atoms with Crippen molar-refractivity contribution in [2.75, 3.05) is 19.7 Å². The summed E-state index contributed by atoms with van der Waals surface area (Å²) in [4.78, 5) is 11.7. The highest BCUT2D eigenvalue weighted by atomic mass is 79.9. The lowest BCUT2D eigenvalue weighted by atomic mass is 10.0. The number of hydrogen-bond acceptors (Lipinski definition) is 3. The molecule has 1 atom stereocenters. The van der Waals surface area contributed by atoms with E-state index in [0.717, 1.165) is 23.2 Å². The zero-order chi connectivity index (χ0) is 15.2. The van der Waals surface area contributed by atoms with E-state index in [1.54, 1.807) is 0 Å². The molecule has 1 aliphatic rings. The Hall–Kier alpha value is -1.07. The molecule has 0 bridgehead atoms. The van der Waals surface area contributed by atoms with Crippen LogP contribution in [0.25, 0.3) is 0 Å². The van der Waals surface area contributed by atoms with Gasteiger partial charge in [0.1, 0.15) is 5.75 Å². The van der Waals surface area contributed by atoms with E-state index < -0.39 is 0 Å². The van der Waals surface area contributed by atoms with Gasteiger partial charge < -0.3 is 15.4 Å². The molecule has 2 rings (SSSR count). The predicted molar refractivity (Wildman–Crippen MR) is 87.5 cm³/mol. The molecule has 116 valence electrons. The number of ether oxygens (including phenoxy) is 1. The van der Waals surface area contributed by atoms with Crippen molar-refractivity contribution in [2.45, 2.75) is 32.7 Å². The minimum atomic E-state index is 0.109. The van der Waals surface area contributed by atoms with E-state index in [9.17, 15) is 4.79 Å². The minimum absolute atomic E-state index is 0.109. The summed E-state index contributed by atoms with van der Waals surface area (Å²) in [6.07, 6.45) is 1.44. The lowest BCUT2D eigenvalue weighted by Crippen LogP contribution is -2.33. The van der Waals surface area contributed by atoms with Crippen molar-refractivity contribution in [3.8, 4) is 5.75 Å². The molecule has 4 nitrogen and oxygen atoms in total. The zero-order valence-electron chi connectivity index (χ0n) is 12.6. The first-order valence-electron chi connectivity index (χ1n) is 7.48. The van der Waals surface area contributed by atoms with Crippen molar-refractivity contribution >= 4 is 21.8 Å². The molecule has 2 N–H and O–H groups in total. The topological polar surface area (TPSA) is 50.4 Å². The van der Waals surface area contributed by atoms with E-state index in [4.69, 9.17) is 4.74 Å². The summed E-state index contributed by atoms with van der Waals surface area (Å²) in [6.45, 7) is 6.32. The van der Waals surface area contributed by atoms with Crippen LogP contribution in [0.2, 0.25) is 0 Å². The number of nitrogens with one attached hydrogen (secondary N) is 2. The molecule has 0 radical (unpaired) electrons. The molecule has 21 heavy (non-hydrogen) atoms. The second-order valence-corrected chi connectivity index (χ2v) is 6.69. The number of carbonyl (C=O) groups is 1. The van der Waals surface area contributed by atoms with E-state index >= 15 is 0 Å². The normalized spacial score (nSPS) is 17.2. The molecule has 1 aliphatic heterocycles. The molecule has 1 aromatic rings. The van der Waals surface area contributed by atoms with Crippen molar-refractivity contribution in [3.05, 3.63) is 28.2 Å². The molecular formula is C16H23BrN2O2. The van der Waals surface area contributed by atoms with Gasteiger partial charge in [-0.3, -0.25) is 4.79 Å². The van der Waals surface area contributed by atoms with E-state index in [-0.39, 0.29) is 11.9 Å². The monoisotopic (exact) mass is 354 g/mol. The molecule has 1 heterocycles. The van der Waals surface area contributed by atoms with Gasteiger partial charge in [0.2, 0.25) is 5.91 Å². The van der Waals surface area contributed by atoms with Crippen molar-refractivity contribution < 1.29 is 9.53 Å². The largest absolute Gasteiger partial charge is 0.493 e. The Morgan fingerprint density at radius 3 is 3.05 bits per heavy atom. The van der Waals surface area contributed by atoms with E-state index in [1.165, 1.54) is 5.56 Å². The van der Waals surface area contributed by atoms with Gasteiger partial charge in [-0.05, 0) is 24.1 Å². The van der Waals surface area contributed by atoms with Crippen LogP contribution >= 0.6 is 15.9 Å². The summed E-state index contributed by atoms with van der Waals surface area (Å²) in [5.41, 5.74) is 1.17. The second kappa shape index (κ2) is 7.80. The highest BCUT2D eigenvalue weighted by Gasteiger charge is 2.21.